The van der Waals surface area contributed by atoms with E-state index in [0.717, 1.165) is 0 Å². The number of likely N-dealkylation sites (N-methyl/N-ethyl adjacent to an activating group) is 1. The molecule has 0 unspecified atom stereocenters. The normalized spacial score (nSPS) is 16.7. The number of rotatable bonds is 9. The van der Waals surface area contributed by atoms with E-state index in [1.807, 2.05) is 13.0 Å². The van der Waals surface area contributed by atoms with Gasteiger partial charge in [0.15, 0.2) is 0 Å². The van der Waals surface area contributed by atoms with Crippen molar-refractivity contribution in [3.05, 3.63) is 35.5 Å². The number of anilines is 1. The lowest BCUT2D eigenvalue weighted by atomic mass is 10.1. The van der Waals surface area contributed by atoms with E-state index < -0.39 is 5.92 Å². The van der Waals surface area contributed by atoms with E-state index in [1.165, 1.54) is 11.3 Å². The van der Waals surface area contributed by atoms with Crippen LogP contribution in [-0.4, -0.2) is 57.4 Å². The zero-order valence-electron chi connectivity index (χ0n) is 19.8. The smallest absolute Gasteiger partial charge is 0.315 e. The molecule has 0 spiro atoms. The lowest BCUT2D eigenvalue weighted by Crippen LogP contribution is -2.43. The Morgan fingerprint density at radius 3 is 2.73 bits per heavy atom. The third-order valence-electron chi connectivity index (χ3n) is 5.49. The maximum absolute atomic E-state index is 13.9. The lowest BCUT2D eigenvalue weighted by molar-refractivity contribution is -0.0117. The van der Waals surface area contributed by atoms with E-state index in [-0.39, 0.29) is 19.6 Å². The van der Waals surface area contributed by atoms with Crippen LogP contribution in [0.15, 0.2) is 24.2 Å². The lowest BCUT2D eigenvalue weighted by Gasteiger charge is -2.35. The molecule has 0 amide bonds. The Kier molecular flexibility index (Phi) is 7.72. The zero-order valence-corrected chi connectivity index (χ0v) is 19.8. The van der Waals surface area contributed by atoms with E-state index in [9.17, 15) is 8.78 Å². The molecule has 182 valence electrons. The van der Waals surface area contributed by atoms with Gasteiger partial charge in [-0.3, -0.25) is 0 Å². The summed E-state index contributed by atoms with van der Waals surface area (Å²) in [5.41, 5.74) is 9.24. The third-order valence-corrected chi connectivity index (χ3v) is 5.49. The number of aromatic nitrogens is 4. The second-order valence-corrected chi connectivity index (χ2v) is 8.78. The first-order valence-electron chi connectivity index (χ1n) is 11.2. The highest BCUT2D eigenvalue weighted by Gasteiger charge is 2.36. The van der Waals surface area contributed by atoms with Crippen molar-refractivity contribution in [2.75, 3.05) is 31.6 Å². The summed E-state index contributed by atoms with van der Waals surface area (Å²) in [5.74, 6) is 3.72. The van der Waals surface area contributed by atoms with Crippen LogP contribution < -0.4 is 21.2 Å². The zero-order chi connectivity index (χ0) is 24.2. The molecule has 33 heavy (non-hydrogen) atoms. The average molecular weight is 465 g/mol. The minimum Gasteiger partial charge on any atom is -0.457 e. The van der Waals surface area contributed by atoms with Crippen molar-refractivity contribution in [2.24, 2.45) is 17.5 Å². The fourth-order valence-corrected chi connectivity index (χ4v) is 3.85. The summed E-state index contributed by atoms with van der Waals surface area (Å²) in [5, 5.41) is 5.57. The predicted molar refractivity (Wildman–Crippen MR) is 123 cm³/mol. The molecule has 11 heteroatoms. The number of piperidine rings is 1. The molecule has 1 aliphatic rings. The number of aryl methyl sites for hydroxylation is 1. The van der Waals surface area contributed by atoms with Crippen LogP contribution in [0.3, 0.4) is 0 Å². The van der Waals surface area contributed by atoms with Gasteiger partial charge in [-0.2, -0.15) is 10.1 Å². The Bertz CT molecular complexity index is 973. The monoisotopic (exact) mass is 464 g/mol. The summed E-state index contributed by atoms with van der Waals surface area (Å²) in [6, 6.07) is 3.92. The molecule has 0 radical (unpaired) electrons. The largest absolute Gasteiger partial charge is 0.457 e. The first-order chi connectivity index (χ1) is 15.6. The van der Waals surface area contributed by atoms with Gasteiger partial charge in [-0.25, -0.2) is 24.3 Å². The number of ether oxygens (including phenoxy) is 1. The summed E-state index contributed by atoms with van der Waals surface area (Å²) < 4.78 is 35.4. The number of nitrogens with two attached hydrogens (primary N) is 2. The highest BCUT2D eigenvalue weighted by molar-refractivity contribution is 5.65. The number of hydrazine groups is 1. The summed E-state index contributed by atoms with van der Waals surface area (Å²) in [4.78, 5) is 10.5. The summed E-state index contributed by atoms with van der Waals surface area (Å²) in [7, 11) is 1.66. The molecule has 1 fully saturated rings. The molecule has 0 aromatic carbocycles. The highest BCUT2D eigenvalue weighted by atomic mass is 19.3. The predicted octanol–water partition coefficient (Wildman–Crippen LogP) is 2.64. The third kappa shape index (κ3) is 6.10. The van der Waals surface area contributed by atoms with Crippen molar-refractivity contribution in [1.29, 1.82) is 0 Å². The Morgan fingerprint density at radius 1 is 1.33 bits per heavy atom. The minimum absolute atomic E-state index is 0.0683. The molecule has 1 aliphatic heterocycles. The molecule has 0 aliphatic carbocycles. The fraction of sp³-hybridized carbons (Fsp3) is 0.591. The topological polar surface area (TPSA) is 111 Å². The molecular formula is C22H34F2N8O. The van der Waals surface area contributed by atoms with Gasteiger partial charge in [-0.1, -0.05) is 20.8 Å². The number of alkyl halides is 2. The minimum atomic E-state index is -2.69. The van der Waals surface area contributed by atoms with E-state index in [2.05, 4.69) is 28.9 Å². The van der Waals surface area contributed by atoms with Crippen LogP contribution in [0, 0.1) is 5.92 Å². The summed E-state index contributed by atoms with van der Waals surface area (Å²) in [6.45, 7) is 7.12. The van der Waals surface area contributed by atoms with Crippen molar-refractivity contribution < 1.29 is 13.5 Å². The molecule has 2 aromatic heterocycles. The highest BCUT2D eigenvalue weighted by Crippen LogP contribution is 2.32. The summed E-state index contributed by atoms with van der Waals surface area (Å²) in [6.07, 6.45) is 2.39. The van der Waals surface area contributed by atoms with Crippen LogP contribution >= 0.6 is 0 Å². The Hall–Kier alpha value is -2.95. The van der Waals surface area contributed by atoms with Crippen LogP contribution in [0.2, 0.25) is 0 Å². The molecule has 1 saturated heterocycles. The van der Waals surface area contributed by atoms with E-state index in [0.29, 0.717) is 66.3 Å². The van der Waals surface area contributed by atoms with Gasteiger partial charge in [-0.15, -0.1) is 0 Å². The van der Waals surface area contributed by atoms with E-state index in [1.54, 1.807) is 22.7 Å². The molecule has 3 heterocycles. The molecule has 3 rings (SSSR count). The van der Waals surface area contributed by atoms with Crippen LogP contribution in [0.5, 0.6) is 6.01 Å². The van der Waals surface area contributed by atoms with Gasteiger partial charge in [-0.05, 0) is 30.9 Å². The van der Waals surface area contributed by atoms with Gasteiger partial charge >= 0.3 is 6.01 Å². The van der Waals surface area contributed by atoms with E-state index in [4.69, 9.17) is 16.3 Å². The van der Waals surface area contributed by atoms with Crippen molar-refractivity contribution in [3.8, 4) is 6.01 Å². The average Bonchev–Trinajstić information content (AvgIpc) is 3.18. The maximum atomic E-state index is 13.9. The van der Waals surface area contributed by atoms with Gasteiger partial charge in [0.1, 0.15) is 12.9 Å². The Morgan fingerprint density at radius 2 is 2.09 bits per heavy atom. The van der Waals surface area contributed by atoms with Crippen LogP contribution in [0.1, 0.15) is 45.0 Å². The number of halogens is 2. The van der Waals surface area contributed by atoms with Gasteiger partial charge < -0.3 is 20.4 Å². The second kappa shape index (κ2) is 10.3. The van der Waals surface area contributed by atoms with Crippen LogP contribution in [0.25, 0.3) is 5.70 Å². The molecule has 9 nitrogen and oxygen atoms in total. The van der Waals surface area contributed by atoms with Crippen LogP contribution in [0.4, 0.5) is 14.5 Å². The number of nitrogens with zero attached hydrogens (tertiary/aromatic N) is 6. The van der Waals surface area contributed by atoms with Crippen molar-refractivity contribution in [1.82, 2.24) is 24.8 Å². The summed E-state index contributed by atoms with van der Waals surface area (Å²) >= 11 is 0. The Labute approximate surface area is 193 Å². The SMILES string of the molecule is CCc1nc(/C(N)=C(\COc2ncnn2CC(C)C)N(C)N)ccc1N1CCCC(F)(F)C1. The van der Waals surface area contributed by atoms with E-state index >= 15 is 0 Å². The van der Waals surface area contributed by atoms with Gasteiger partial charge in [0, 0.05) is 26.6 Å². The van der Waals surface area contributed by atoms with Crippen molar-refractivity contribution >= 4 is 11.4 Å². The maximum Gasteiger partial charge on any atom is 0.315 e. The number of pyridine rings is 1. The fourth-order valence-electron chi connectivity index (χ4n) is 3.85. The first kappa shape index (κ1) is 24.7. The molecule has 0 saturated carbocycles. The number of hydrogen-bond acceptors (Lipinski definition) is 8. The second-order valence-electron chi connectivity index (χ2n) is 8.78. The molecule has 0 atom stereocenters. The van der Waals surface area contributed by atoms with Crippen molar-refractivity contribution in [3.63, 3.8) is 0 Å². The quantitative estimate of drug-likeness (QED) is 0.430. The van der Waals surface area contributed by atoms with Gasteiger partial charge in [0.25, 0.3) is 5.92 Å². The first-order valence-corrected chi connectivity index (χ1v) is 11.2. The Balaban J connectivity index is 1.84. The van der Waals surface area contributed by atoms with Gasteiger partial charge in [0.05, 0.1) is 35.0 Å². The number of hydrogen-bond donors (Lipinski definition) is 2. The molecular weight excluding hydrogens is 430 g/mol. The molecule has 4 N–H and O–H groups in total. The standard InChI is InChI=1S/C22H34F2N8O/c1-5-16-18(31-10-6-9-22(23,24)13-31)8-7-17(29-16)20(25)19(30(4)26)12-33-21-27-14-28-32(21)11-15(2)3/h7-8,14-15H,5-6,9-13,25-26H2,1-4H3/b20-19-. The van der Waals surface area contributed by atoms with Gasteiger partial charge in [0.2, 0.25) is 0 Å². The van der Waals surface area contributed by atoms with Crippen molar-refractivity contribution in [2.45, 2.75) is 52.5 Å². The molecule has 0 bridgehead atoms. The van der Waals surface area contributed by atoms with Crippen LogP contribution in [-0.2, 0) is 13.0 Å². The molecule has 2 aromatic rings.